The molecule has 94 valence electrons. The summed E-state index contributed by atoms with van der Waals surface area (Å²) in [5.74, 6) is -0.956. The molecule has 0 atom stereocenters. The Bertz CT molecular complexity index is 511. The summed E-state index contributed by atoms with van der Waals surface area (Å²) >= 11 is 0. The smallest absolute Gasteiger partial charge is 0.266 e. The van der Waals surface area contributed by atoms with Crippen molar-refractivity contribution >= 4 is 21.7 Å². The summed E-state index contributed by atoms with van der Waals surface area (Å²) in [6.45, 7) is 1.10. The van der Waals surface area contributed by atoms with Crippen LogP contribution in [-0.4, -0.2) is 36.3 Å². The van der Waals surface area contributed by atoms with Crippen LogP contribution in [0.5, 0.6) is 5.75 Å². The van der Waals surface area contributed by atoms with E-state index in [1.165, 1.54) is 25.1 Å². The average molecular weight is 259 g/mol. The van der Waals surface area contributed by atoms with Crippen LogP contribution in [0.3, 0.4) is 0 Å². The van der Waals surface area contributed by atoms with Gasteiger partial charge in [0.05, 0.1) is 5.75 Å². The Hall–Kier alpha value is -1.60. The van der Waals surface area contributed by atoms with Gasteiger partial charge in [-0.1, -0.05) is 6.07 Å². The second-order valence-corrected chi connectivity index (χ2v) is 5.05. The highest BCUT2D eigenvalue weighted by Crippen LogP contribution is 2.20. The minimum absolute atomic E-state index is 0.0272. The molecule has 0 heterocycles. The first kappa shape index (κ1) is 13.5. The number of carbonyl (C=O) groups excluding carboxylic acids is 1. The summed E-state index contributed by atoms with van der Waals surface area (Å²) in [5.41, 5.74) is 0.376. The first-order valence-corrected chi connectivity index (χ1v) is 6.43. The molecule has 1 aromatic rings. The van der Waals surface area contributed by atoms with Crippen LogP contribution in [0.4, 0.5) is 5.69 Å². The minimum atomic E-state index is -4.13. The predicted octanol–water partition coefficient (Wildman–Crippen LogP) is 0.633. The van der Waals surface area contributed by atoms with Crippen LogP contribution < -0.4 is 4.90 Å². The molecular weight excluding hydrogens is 246 g/mol. The van der Waals surface area contributed by atoms with Gasteiger partial charge in [0.15, 0.2) is 0 Å². The molecule has 2 N–H and O–H groups in total. The van der Waals surface area contributed by atoms with Gasteiger partial charge in [0.25, 0.3) is 10.1 Å². The molecule has 0 saturated heterocycles. The Balaban J connectivity index is 2.91. The van der Waals surface area contributed by atoms with Gasteiger partial charge in [-0.15, -0.1) is 0 Å². The third-order valence-corrected chi connectivity index (χ3v) is 2.79. The maximum absolute atomic E-state index is 11.3. The van der Waals surface area contributed by atoms with Gasteiger partial charge in [0, 0.05) is 25.2 Å². The number of anilines is 1. The van der Waals surface area contributed by atoms with Gasteiger partial charge < -0.3 is 10.0 Å². The monoisotopic (exact) mass is 259 g/mol. The number of rotatable bonds is 4. The van der Waals surface area contributed by atoms with Crippen LogP contribution in [0.2, 0.25) is 0 Å². The van der Waals surface area contributed by atoms with E-state index in [0.29, 0.717) is 5.69 Å². The number of phenolic OH excluding ortho intramolecular Hbond substituents is 1. The van der Waals surface area contributed by atoms with Crippen molar-refractivity contribution in [3.8, 4) is 5.75 Å². The fourth-order valence-corrected chi connectivity index (χ4v) is 1.75. The number of hydrogen-bond acceptors (Lipinski definition) is 4. The summed E-state index contributed by atoms with van der Waals surface area (Å²) in [4.78, 5) is 12.5. The molecule has 0 aromatic heterocycles. The van der Waals surface area contributed by atoms with Crippen molar-refractivity contribution in [1.29, 1.82) is 0 Å². The van der Waals surface area contributed by atoms with Crippen molar-refractivity contribution in [3.63, 3.8) is 0 Å². The molecule has 17 heavy (non-hydrogen) atoms. The average Bonchev–Trinajstić information content (AvgIpc) is 2.15. The predicted molar refractivity (Wildman–Crippen MR) is 62.5 cm³/mol. The number of amides is 1. The molecule has 1 amide bonds. The lowest BCUT2D eigenvalue weighted by molar-refractivity contribution is -0.116. The Labute approximate surface area is 99.2 Å². The van der Waals surface area contributed by atoms with E-state index in [2.05, 4.69) is 0 Å². The Morgan fingerprint density at radius 2 is 2.06 bits per heavy atom. The van der Waals surface area contributed by atoms with Gasteiger partial charge in [0.2, 0.25) is 5.91 Å². The van der Waals surface area contributed by atoms with Gasteiger partial charge in [-0.05, 0) is 12.1 Å². The molecule has 0 aliphatic carbocycles. The van der Waals surface area contributed by atoms with Crippen LogP contribution in [0, 0.1) is 0 Å². The third kappa shape index (κ3) is 4.41. The second kappa shape index (κ2) is 5.15. The summed E-state index contributed by atoms with van der Waals surface area (Å²) in [7, 11) is -4.13. The Kier molecular flexibility index (Phi) is 4.08. The van der Waals surface area contributed by atoms with Crippen molar-refractivity contribution in [2.75, 3.05) is 17.2 Å². The van der Waals surface area contributed by atoms with E-state index in [0.717, 1.165) is 4.90 Å². The van der Waals surface area contributed by atoms with Crippen LogP contribution in [-0.2, 0) is 14.9 Å². The lowest BCUT2D eigenvalue weighted by Gasteiger charge is -2.20. The van der Waals surface area contributed by atoms with Crippen LogP contribution in [0.15, 0.2) is 24.3 Å². The molecule has 7 heteroatoms. The summed E-state index contributed by atoms with van der Waals surface area (Å²) in [6.07, 6.45) is 0. The standard InChI is InChI=1S/C10H13NO5S/c1-8(12)11(5-6-17(14,15)16)9-3-2-4-10(13)7-9/h2-4,7,13H,5-6H2,1H3,(H,14,15,16). The van der Waals surface area contributed by atoms with E-state index in [9.17, 15) is 18.3 Å². The highest BCUT2D eigenvalue weighted by Gasteiger charge is 2.15. The second-order valence-electron chi connectivity index (χ2n) is 3.48. The maximum Gasteiger partial charge on any atom is 0.266 e. The van der Waals surface area contributed by atoms with Gasteiger partial charge >= 0.3 is 0 Å². The van der Waals surface area contributed by atoms with E-state index in [4.69, 9.17) is 4.55 Å². The number of carbonyl (C=O) groups is 1. The van der Waals surface area contributed by atoms with Crippen molar-refractivity contribution in [2.45, 2.75) is 6.92 Å². The van der Waals surface area contributed by atoms with Gasteiger partial charge in [-0.25, -0.2) is 0 Å². The molecule has 0 aliphatic heterocycles. The van der Waals surface area contributed by atoms with Gasteiger partial charge in [0.1, 0.15) is 5.75 Å². The summed E-state index contributed by atoms with van der Waals surface area (Å²) in [6, 6.07) is 5.87. The topological polar surface area (TPSA) is 94.9 Å². The number of benzene rings is 1. The van der Waals surface area contributed by atoms with Gasteiger partial charge in [-0.2, -0.15) is 8.42 Å². The van der Waals surface area contributed by atoms with E-state index in [-0.39, 0.29) is 18.2 Å². The largest absolute Gasteiger partial charge is 0.508 e. The highest BCUT2D eigenvalue weighted by molar-refractivity contribution is 7.85. The van der Waals surface area contributed by atoms with Crippen molar-refractivity contribution in [1.82, 2.24) is 0 Å². The molecular formula is C10H13NO5S. The SMILES string of the molecule is CC(=O)N(CCS(=O)(=O)O)c1cccc(O)c1. The van der Waals surface area contributed by atoms with Crippen LogP contribution in [0.1, 0.15) is 6.92 Å². The fourth-order valence-electron chi connectivity index (χ4n) is 1.34. The Morgan fingerprint density at radius 1 is 1.41 bits per heavy atom. The molecule has 0 unspecified atom stereocenters. The normalized spacial score (nSPS) is 11.2. The molecule has 0 fully saturated rings. The number of phenols is 1. The fraction of sp³-hybridized carbons (Fsp3) is 0.300. The third-order valence-electron chi connectivity index (χ3n) is 2.09. The molecule has 6 nitrogen and oxygen atoms in total. The van der Waals surface area contributed by atoms with Crippen molar-refractivity contribution in [2.24, 2.45) is 0 Å². The zero-order valence-electron chi connectivity index (χ0n) is 9.20. The minimum Gasteiger partial charge on any atom is -0.508 e. The van der Waals surface area contributed by atoms with Crippen molar-refractivity contribution < 1.29 is 22.9 Å². The number of aromatic hydroxyl groups is 1. The summed E-state index contributed by atoms with van der Waals surface area (Å²) in [5, 5.41) is 9.27. The lowest BCUT2D eigenvalue weighted by atomic mass is 10.2. The summed E-state index contributed by atoms with van der Waals surface area (Å²) < 4.78 is 29.9. The number of hydrogen-bond donors (Lipinski definition) is 2. The maximum atomic E-state index is 11.3. The first-order chi connectivity index (χ1) is 7.79. The molecule has 0 radical (unpaired) electrons. The van der Waals surface area contributed by atoms with Gasteiger partial charge in [-0.3, -0.25) is 9.35 Å². The Morgan fingerprint density at radius 3 is 2.53 bits per heavy atom. The van der Waals surface area contributed by atoms with Crippen LogP contribution >= 0.6 is 0 Å². The van der Waals surface area contributed by atoms with E-state index in [1.54, 1.807) is 6.07 Å². The first-order valence-electron chi connectivity index (χ1n) is 4.82. The van der Waals surface area contributed by atoms with E-state index < -0.39 is 15.9 Å². The zero-order valence-corrected chi connectivity index (χ0v) is 10.0. The number of nitrogens with zero attached hydrogens (tertiary/aromatic N) is 1. The highest BCUT2D eigenvalue weighted by atomic mass is 32.2. The molecule has 1 rings (SSSR count). The molecule has 0 bridgehead atoms. The quantitative estimate of drug-likeness (QED) is 0.773. The molecule has 0 saturated carbocycles. The van der Waals surface area contributed by atoms with Crippen LogP contribution in [0.25, 0.3) is 0 Å². The van der Waals surface area contributed by atoms with E-state index >= 15 is 0 Å². The zero-order chi connectivity index (χ0) is 13.1. The molecule has 0 spiro atoms. The molecule has 1 aromatic carbocycles. The van der Waals surface area contributed by atoms with E-state index in [1.807, 2.05) is 0 Å². The lowest BCUT2D eigenvalue weighted by Crippen LogP contribution is -2.33. The van der Waals surface area contributed by atoms with Crippen molar-refractivity contribution in [3.05, 3.63) is 24.3 Å². The molecule has 0 aliphatic rings.